The highest BCUT2D eigenvalue weighted by molar-refractivity contribution is 5.88. The van der Waals surface area contributed by atoms with Gasteiger partial charge in [-0.2, -0.15) is 13.2 Å². The van der Waals surface area contributed by atoms with Crippen LogP contribution in [-0.4, -0.2) is 20.2 Å². The molecule has 2 aliphatic rings. The van der Waals surface area contributed by atoms with Crippen LogP contribution in [0.5, 0.6) is 5.75 Å². The Morgan fingerprint density at radius 1 is 1.14 bits per heavy atom. The van der Waals surface area contributed by atoms with E-state index in [1.807, 2.05) is 12.1 Å². The Labute approximate surface area is 211 Å². The summed E-state index contributed by atoms with van der Waals surface area (Å²) in [6, 6.07) is 12.3. The van der Waals surface area contributed by atoms with Crippen LogP contribution < -0.4 is 15.6 Å². The number of hydrogen-bond donors (Lipinski definition) is 1. The maximum Gasteiger partial charge on any atom is 0.433 e. The van der Waals surface area contributed by atoms with E-state index in [2.05, 4.69) is 28.0 Å². The third kappa shape index (κ3) is 4.16. The van der Waals surface area contributed by atoms with Gasteiger partial charge in [-0.15, -0.1) is 12.4 Å². The first kappa shape index (κ1) is 24.4. The fourth-order valence-electron chi connectivity index (χ4n) is 5.34. The molecule has 188 valence electrons. The van der Waals surface area contributed by atoms with Crippen LogP contribution in [-0.2, 0) is 26.3 Å². The van der Waals surface area contributed by atoms with Crippen molar-refractivity contribution in [3.63, 3.8) is 0 Å². The number of halogens is 4. The van der Waals surface area contributed by atoms with Crippen molar-refractivity contribution < 1.29 is 17.9 Å². The number of alkyl halides is 3. The Balaban J connectivity index is 0.00000267. The number of hydrogen-bond acceptors (Lipinski definition) is 4. The second-order valence-corrected chi connectivity index (χ2v) is 9.23. The number of ether oxygens (including phenoxy) is 1. The highest BCUT2D eigenvalue weighted by Crippen LogP contribution is 2.41. The van der Waals surface area contributed by atoms with Gasteiger partial charge in [0.2, 0.25) is 0 Å². The van der Waals surface area contributed by atoms with Crippen molar-refractivity contribution >= 4 is 23.3 Å². The molecule has 1 saturated heterocycles. The number of rotatable bonds is 4. The minimum Gasteiger partial charge on any atom is -0.489 e. The van der Waals surface area contributed by atoms with Gasteiger partial charge < -0.3 is 14.6 Å². The summed E-state index contributed by atoms with van der Waals surface area (Å²) in [5.74, 6) is 0.337. The molecule has 3 aromatic heterocycles. The van der Waals surface area contributed by atoms with Crippen molar-refractivity contribution in [1.29, 1.82) is 0 Å². The second kappa shape index (κ2) is 8.97. The van der Waals surface area contributed by atoms with Gasteiger partial charge in [0.25, 0.3) is 5.56 Å². The van der Waals surface area contributed by atoms with Gasteiger partial charge in [0.1, 0.15) is 18.1 Å². The third-order valence-electron chi connectivity index (χ3n) is 7.07. The molecule has 2 bridgehead atoms. The van der Waals surface area contributed by atoms with Crippen molar-refractivity contribution in [3.05, 3.63) is 87.7 Å². The Kier molecular flexibility index (Phi) is 6.08. The second-order valence-electron chi connectivity index (χ2n) is 9.23. The zero-order valence-corrected chi connectivity index (χ0v) is 20.2. The van der Waals surface area contributed by atoms with E-state index in [9.17, 15) is 18.0 Å². The first-order valence-corrected chi connectivity index (χ1v) is 11.5. The summed E-state index contributed by atoms with van der Waals surface area (Å²) in [4.78, 5) is 16.3. The smallest absolute Gasteiger partial charge is 0.433 e. The molecule has 1 aromatic carbocycles. The van der Waals surface area contributed by atoms with Crippen LogP contribution in [0.15, 0.2) is 59.7 Å². The summed E-state index contributed by atoms with van der Waals surface area (Å²) in [5, 5.41) is 4.93. The Morgan fingerprint density at radius 2 is 1.97 bits per heavy atom. The van der Waals surface area contributed by atoms with E-state index in [1.165, 1.54) is 35.2 Å². The molecule has 1 N–H and O–H groups in total. The molecule has 2 atom stereocenters. The Bertz CT molecular complexity index is 1490. The molecule has 2 unspecified atom stereocenters. The zero-order chi connectivity index (χ0) is 24.3. The van der Waals surface area contributed by atoms with E-state index in [1.54, 1.807) is 16.8 Å². The van der Waals surface area contributed by atoms with Crippen LogP contribution >= 0.6 is 12.4 Å². The number of aromatic nitrogens is 3. The van der Waals surface area contributed by atoms with Crippen molar-refractivity contribution in [2.24, 2.45) is 7.05 Å². The van der Waals surface area contributed by atoms with Crippen LogP contribution in [0.3, 0.4) is 0 Å². The average Bonchev–Trinajstić information content (AvgIpc) is 3.35. The zero-order valence-electron chi connectivity index (χ0n) is 19.4. The lowest BCUT2D eigenvalue weighted by Gasteiger charge is -2.23. The van der Waals surface area contributed by atoms with Gasteiger partial charge in [-0.25, -0.2) is 0 Å². The largest absolute Gasteiger partial charge is 0.489 e. The Morgan fingerprint density at radius 3 is 2.69 bits per heavy atom. The number of pyridine rings is 2. The van der Waals surface area contributed by atoms with Gasteiger partial charge in [-0.1, -0.05) is 12.1 Å². The van der Waals surface area contributed by atoms with E-state index in [4.69, 9.17) is 4.74 Å². The quantitative estimate of drug-likeness (QED) is 0.410. The van der Waals surface area contributed by atoms with Gasteiger partial charge in [0.15, 0.2) is 0 Å². The lowest BCUT2D eigenvalue weighted by atomic mass is 9.99. The summed E-state index contributed by atoms with van der Waals surface area (Å²) >= 11 is 0. The molecule has 6 nitrogen and oxygen atoms in total. The molecule has 0 aliphatic carbocycles. The van der Waals surface area contributed by atoms with Gasteiger partial charge in [0.05, 0.1) is 11.2 Å². The lowest BCUT2D eigenvalue weighted by Crippen LogP contribution is -2.32. The minimum absolute atomic E-state index is 0. The number of aryl methyl sites for hydroxylation is 1. The highest BCUT2D eigenvalue weighted by atomic mass is 35.5. The SMILES string of the molecule is Cl.Cn1c2c(c3ccc(-n4ccc(OCc5ccc(C(F)(F)F)nc5)cc4=O)cc31)C1CCC(C2)N1. The monoisotopic (exact) mass is 516 g/mol. The van der Waals surface area contributed by atoms with Crippen molar-refractivity contribution in [2.75, 3.05) is 0 Å². The van der Waals surface area contributed by atoms with Crippen LogP contribution in [0, 0.1) is 0 Å². The first-order chi connectivity index (χ1) is 16.8. The molecular formula is C26H24ClF3N4O2. The third-order valence-corrected chi connectivity index (χ3v) is 7.07. The average molecular weight is 517 g/mol. The summed E-state index contributed by atoms with van der Waals surface area (Å²) in [7, 11) is 2.09. The summed E-state index contributed by atoms with van der Waals surface area (Å²) in [6.07, 6.45) is 1.67. The number of fused-ring (bicyclic) bond motifs is 6. The molecular weight excluding hydrogens is 493 g/mol. The van der Waals surface area contributed by atoms with Gasteiger partial charge in [0, 0.05) is 60.7 Å². The molecule has 36 heavy (non-hydrogen) atoms. The maximum atomic E-state index is 12.9. The van der Waals surface area contributed by atoms with Crippen LogP contribution in [0.1, 0.15) is 41.4 Å². The molecule has 0 amide bonds. The molecule has 1 fully saturated rings. The molecule has 2 aliphatic heterocycles. The van der Waals surface area contributed by atoms with Crippen LogP contribution in [0.4, 0.5) is 13.2 Å². The number of nitrogens with zero attached hydrogens (tertiary/aromatic N) is 3. The molecule has 10 heteroatoms. The minimum atomic E-state index is -4.48. The molecule has 0 saturated carbocycles. The van der Waals surface area contributed by atoms with Gasteiger partial charge in [-0.3, -0.25) is 14.3 Å². The van der Waals surface area contributed by atoms with Crippen molar-refractivity contribution in [2.45, 2.75) is 44.1 Å². The van der Waals surface area contributed by atoms with E-state index in [0.717, 1.165) is 36.3 Å². The van der Waals surface area contributed by atoms with Crippen LogP contribution in [0.2, 0.25) is 0 Å². The van der Waals surface area contributed by atoms with E-state index >= 15 is 0 Å². The number of benzene rings is 1. The molecule has 0 spiro atoms. The molecule has 5 heterocycles. The van der Waals surface area contributed by atoms with Crippen molar-refractivity contribution in [1.82, 2.24) is 19.4 Å². The summed E-state index contributed by atoms with van der Waals surface area (Å²) < 4.78 is 47.4. The van der Waals surface area contributed by atoms with Crippen molar-refractivity contribution in [3.8, 4) is 11.4 Å². The molecule has 6 rings (SSSR count). The summed E-state index contributed by atoms with van der Waals surface area (Å²) in [5.41, 5.74) is 3.88. The predicted octanol–water partition coefficient (Wildman–Crippen LogP) is 5.09. The molecule has 4 aromatic rings. The topological polar surface area (TPSA) is 61.1 Å². The fraction of sp³-hybridized carbons (Fsp3) is 0.308. The van der Waals surface area contributed by atoms with E-state index < -0.39 is 11.9 Å². The highest BCUT2D eigenvalue weighted by Gasteiger charge is 2.35. The van der Waals surface area contributed by atoms with Gasteiger partial charge >= 0.3 is 6.18 Å². The lowest BCUT2D eigenvalue weighted by molar-refractivity contribution is -0.141. The predicted molar refractivity (Wildman–Crippen MR) is 132 cm³/mol. The van der Waals surface area contributed by atoms with Crippen LogP contribution in [0.25, 0.3) is 16.6 Å². The Hall–Kier alpha value is -3.30. The van der Waals surface area contributed by atoms with Gasteiger partial charge in [-0.05, 0) is 42.7 Å². The fourth-order valence-corrected chi connectivity index (χ4v) is 5.34. The summed E-state index contributed by atoms with van der Waals surface area (Å²) in [6.45, 7) is 0.00560. The van der Waals surface area contributed by atoms with E-state index in [-0.39, 0.29) is 24.6 Å². The first-order valence-electron chi connectivity index (χ1n) is 11.5. The maximum absolute atomic E-state index is 12.9. The van der Waals surface area contributed by atoms with E-state index in [0.29, 0.717) is 23.4 Å². The number of nitrogens with one attached hydrogen (secondary N) is 1. The standard InChI is InChI=1S/C26H23F3N4O2.ClH/c1-32-21-11-17(4-5-19(21)25-20-6-3-16(31-20)10-22(25)32)33-9-8-18(12-24(33)34)35-14-15-2-7-23(30-13-15)26(27,28)29;/h2,4-5,7-9,11-13,16,20,31H,3,6,10,14H2,1H3;1H. The molecule has 0 radical (unpaired) electrons. The normalized spacial score (nSPS) is 18.7.